The fourth-order valence-corrected chi connectivity index (χ4v) is 2.94. The quantitative estimate of drug-likeness (QED) is 0.740. The van der Waals surface area contributed by atoms with Crippen LogP contribution >= 0.6 is 0 Å². The van der Waals surface area contributed by atoms with Crippen LogP contribution in [0.2, 0.25) is 0 Å². The largest absolute Gasteiger partial charge is 0.373 e. The van der Waals surface area contributed by atoms with E-state index in [9.17, 15) is 4.79 Å². The second kappa shape index (κ2) is 6.86. The minimum atomic E-state index is 0.184. The molecular weight excluding hydrogens is 260 g/mol. The van der Waals surface area contributed by atoms with Crippen LogP contribution in [0, 0.1) is 12.8 Å². The summed E-state index contributed by atoms with van der Waals surface area (Å²) in [6.07, 6.45) is 6.60. The lowest BCUT2D eigenvalue weighted by Gasteiger charge is -2.28. The molecule has 2 nitrogen and oxygen atoms in total. The summed E-state index contributed by atoms with van der Waals surface area (Å²) in [5.74, 6) is 0.363. The van der Waals surface area contributed by atoms with Gasteiger partial charge in [-0.25, -0.2) is 0 Å². The van der Waals surface area contributed by atoms with Crippen LogP contribution in [0.5, 0.6) is 0 Å². The third-order valence-electron chi connectivity index (χ3n) is 3.95. The molecule has 2 unspecified atom stereocenters. The highest BCUT2D eigenvalue weighted by Gasteiger charge is 2.23. The standard InChI is InChI=1S/C19H24O2/c1-5-8-21-19-14(3)10-17(11-15(19)4)18-7-6-16(12-20)9-13(18)2/h6-7,9-12,14,19H,5,8H2,1-4H3. The highest BCUT2D eigenvalue weighted by Crippen LogP contribution is 2.32. The number of hydrogen-bond donors (Lipinski definition) is 0. The molecule has 0 saturated carbocycles. The van der Waals surface area contributed by atoms with Crippen molar-refractivity contribution >= 4 is 11.9 Å². The van der Waals surface area contributed by atoms with E-state index in [2.05, 4.69) is 39.8 Å². The molecule has 21 heavy (non-hydrogen) atoms. The number of benzene rings is 1. The van der Waals surface area contributed by atoms with Gasteiger partial charge in [0, 0.05) is 18.1 Å². The lowest BCUT2D eigenvalue weighted by molar-refractivity contribution is 0.0545. The SMILES string of the molecule is CCCOC1C(C)=CC(c2ccc(C=O)cc2C)=CC1C. The van der Waals surface area contributed by atoms with Gasteiger partial charge in [0.25, 0.3) is 0 Å². The van der Waals surface area contributed by atoms with Crippen LogP contribution in [0.1, 0.15) is 48.7 Å². The molecule has 0 aromatic heterocycles. The third-order valence-corrected chi connectivity index (χ3v) is 3.95. The van der Waals surface area contributed by atoms with Crippen LogP contribution in [0.3, 0.4) is 0 Å². The first kappa shape index (κ1) is 15.7. The van der Waals surface area contributed by atoms with Gasteiger partial charge in [0.1, 0.15) is 6.29 Å². The Morgan fingerprint density at radius 1 is 1.29 bits per heavy atom. The summed E-state index contributed by atoms with van der Waals surface area (Å²) in [7, 11) is 0. The van der Waals surface area contributed by atoms with Crippen LogP contribution in [0.25, 0.3) is 5.57 Å². The second-order valence-corrected chi connectivity index (χ2v) is 5.85. The monoisotopic (exact) mass is 284 g/mol. The van der Waals surface area contributed by atoms with E-state index < -0.39 is 0 Å². The Morgan fingerprint density at radius 3 is 2.62 bits per heavy atom. The smallest absolute Gasteiger partial charge is 0.150 e. The van der Waals surface area contributed by atoms with Gasteiger partial charge in [-0.2, -0.15) is 0 Å². The number of carbonyl (C=O) groups is 1. The summed E-state index contributed by atoms with van der Waals surface area (Å²) in [5.41, 5.74) is 5.56. The van der Waals surface area contributed by atoms with Gasteiger partial charge >= 0.3 is 0 Å². The van der Waals surface area contributed by atoms with Crippen molar-refractivity contribution in [3.8, 4) is 0 Å². The molecular formula is C19H24O2. The van der Waals surface area contributed by atoms with Gasteiger partial charge in [-0.1, -0.05) is 38.1 Å². The number of aldehydes is 1. The molecule has 0 aliphatic heterocycles. The first-order valence-electron chi connectivity index (χ1n) is 7.64. The van der Waals surface area contributed by atoms with Gasteiger partial charge in [-0.05, 0) is 48.6 Å². The van der Waals surface area contributed by atoms with Crippen molar-refractivity contribution in [1.29, 1.82) is 0 Å². The Balaban J connectivity index is 2.28. The van der Waals surface area contributed by atoms with E-state index in [4.69, 9.17) is 4.74 Å². The number of ether oxygens (including phenoxy) is 1. The third kappa shape index (κ3) is 3.51. The topological polar surface area (TPSA) is 26.3 Å². The molecule has 112 valence electrons. The van der Waals surface area contributed by atoms with E-state index in [1.54, 1.807) is 0 Å². The van der Waals surface area contributed by atoms with Crippen LogP contribution in [-0.4, -0.2) is 19.0 Å². The summed E-state index contributed by atoms with van der Waals surface area (Å²) in [4.78, 5) is 10.9. The van der Waals surface area contributed by atoms with Gasteiger partial charge in [-0.3, -0.25) is 4.79 Å². The van der Waals surface area contributed by atoms with E-state index >= 15 is 0 Å². The molecule has 0 N–H and O–H groups in total. The molecule has 1 aromatic carbocycles. The van der Waals surface area contributed by atoms with Gasteiger partial charge in [-0.15, -0.1) is 0 Å². The maximum absolute atomic E-state index is 10.9. The molecule has 0 radical (unpaired) electrons. The lowest BCUT2D eigenvalue weighted by atomic mass is 9.85. The summed E-state index contributed by atoms with van der Waals surface area (Å²) < 4.78 is 5.95. The van der Waals surface area contributed by atoms with Crippen molar-refractivity contribution < 1.29 is 9.53 Å². The first-order valence-corrected chi connectivity index (χ1v) is 7.64. The minimum Gasteiger partial charge on any atom is -0.373 e. The van der Waals surface area contributed by atoms with Gasteiger partial charge in [0.05, 0.1) is 6.10 Å². The Hall–Kier alpha value is -1.67. The molecule has 1 aliphatic rings. The number of rotatable bonds is 5. The fourth-order valence-electron chi connectivity index (χ4n) is 2.94. The summed E-state index contributed by atoms with van der Waals surface area (Å²) in [6.45, 7) is 9.32. The second-order valence-electron chi connectivity index (χ2n) is 5.85. The molecule has 2 atom stereocenters. The predicted octanol–water partition coefficient (Wildman–Crippen LogP) is 4.58. The molecule has 0 bridgehead atoms. The molecule has 2 rings (SSSR count). The van der Waals surface area contributed by atoms with Crippen molar-refractivity contribution in [2.75, 3.05) is 6.61 Å². The van der Waals surface area contributed by atoms with Crippen molar-refractivity contribution in [1.82, 2.24) is 0 Å². The first-order chi connectivity index (χ1) is 10.1. The zero-order valence-corrected chi connectivity index (χ0v) is 13.3. The van der Waals surface area contributed by atoms with Crippen LogP contribution in [0.4, 0.5) is 0 Å². The van der Waals surface area contributed by atoms with E-state index in [1.807, 2.05) is 18.2 Å². The zero-order chi connectivity index (χ0) is 15.4. The molecule has 0 heterocycles. The number of aryl methyl sites for hydroxylation is 1. The van der Waals surface area contributed by atoms with Crippen LogP contribution in [-0.2, 0) is 4.74 Å². The Labute approximate surface area is 127 Å². The number of allylic oxidation sites excluding steroid dienone is 2. The normalized spacial score (nSPS) is 21.7. The predicted molar refractivity (Wildman–Crippen MR) is 87.5 cm³/mol. The van der Waals surface area contributed by atoms with Crippen molar-refractivity contribution in [3.63, 3.8) is 0 Å². The number of carbonyl (C=O) groups excluding carboxylic acids is 1. The Bertz CT molecular complexity index is 581. The highest BCUT2D eigenvalue weighted by molar-refractivity contribution is 5.81. The van der Waals surface area contributed by atoms with Gasteiger partial charge in [0.15, 0.2) is 0 Å². The summed E-state index contributed by atoms with van der Waals surface area (Å²) in [6, 6.07) is 5.86. The average molecular weight is 284 g/mol. The van der Waals surface area contributed by atoms with E-state index in [1.165, 1.54) is 16.7 Å². The molecule has 1 aromatic rings. The average Bonchev–Trinajstić information content (AvgIpc) is 2.46. The Kier molecular flexibility index (Phi) is 5.13. The molecule has 2 heteroatoms. The zero-order valence-electron chi connectivity index (χ0n) is 13.3. The summed E-state index contributed by atoms with van der Waals surface area (Å²) >= 11 is 0. The molecule has 0 fully saturated rings. The van der Waals surface area contributed by atoms with E-state index in [0.717, 1.165) is 30.4 Å². The van der Waals surface area contributed by atoms with Crippen molar-refractivity contribution in [2.24, 2.45) is 5.92 Å². The molecule has 0 spiro atoms. The Morgan fingerprint density at radius 2 is 2.05 bits per heavy atom. The van der Waals surface area contributed by atoms with Crippen LogP contribution < -0.4 is 0 Å². The molecule has 0 amide bonds. The molecule has 0 saturated heterocycles. The van der Waals surface area contributed by atoms with Crippen molar-refractivity contribution in [3.05, 3.63) is 52.6 Å². The maximum Gasteiger partial charge on any atom is 0.150 e. The van der Waals surface area contributed by atoms with Crippen LogP contribution in [0.15, 0.2) is 35.9 Å². The highest BCUT2D eigenvalue weighted by atomic mass is 16.5. The minimum absolute atomic E-state index is 0.184. The number of hydrogen-bond acceptors (Lipinski definition) is 2. The van der Waals surface area contributed by atoms with E-state index in [-0.39, 0.29) is 6.10 Å². The van der Waals surface area contributed by atoms with Gasteiger partial charge in [0.2, 0.25) is 0 Å². The van der Waals surface area contributed by atoms with Gasteiger partial charge < -0.3 is 4.74 Å². The lowest BCUT2D eigenvalue weighted by Crippen LogP contribution is -2.25. The summed E-state index contributed by atoms with van der Waals surface area (Å²) in [5, 5.41) is 0. The maximum atomic E-state index is 10.9. The van der Waals surface area contributed by atoms with Crippen molar-refractivity contribution in [2.45, 2.75) is 40.2 Å². The fraction of sp³-hybridized carbons (Fsp3) is 0.421. The molecule has 1 aliphatic carbocycles. The van der Waals surface area contributed by atoms with E-state index in [0.29, 0.717) is 5.92 Å².